The van der Waals surface area contributed by atoms with Gasteiger partial charge < -0.3 is 15.4 Å². The third-order valence-electron chi connectivity index (χ3n) is 5.03. The third kappa shape index (κ3) is 2.33. The number of fused-ring (bicyclic) bond motifs is 3. The minimum absolute atomic E-state index is 0.0194. The summed E-state index contributed by atoms with van der Waals surface area (Å²) < 4.78 is 5.37. The second-order valence-corrected chi connectivity index (χ2v) is 6.84. The summed E-state index contributed by atoms with van der Waals surface area (Å²) in [5.74, 6) is 1.73. The van der Waals surface area contributed by atoms with Gasteiger partial charge in [0, 0.05) is 12.0 Å². The second kappa shape index (κ2) is 5.16. The van der Waals surface area contributed by atoms with Gasteiger partial charge in [-0.25, -0.2) is 0 Å². The van der Waals surface area contributed by atoms with Gasteiger partial charge in [0.2, 0.25) is 5.91 Å². The van der Waals surface area contributed by atoms with E-state index in [1.54, 1.807) is 12.1 Å². The largest absolute Gasteiger partial charge is 0.482 e. The molecule has 5 nitrogen and oxygen atoms in total. The minimum atomic E-state index is -0.206. The Morgan fingerprint density at radius 2 is 2.18 bits per heavy atom. The summed E-state index contributed by atoms with van der Waals surface area (Å²) in [6.45, 7) is -0.0194. The van der Waals surface area contributed by atoms with Crippen LogP contribution >= 0.6 is 11.6 Å². The predicted octanol–water partition coefficient (Wildman–Crippen LogP) is 3.05. The van der Waals surface area contributed by atoms with Gasteiger partial charge in [0.15, 0.2) is 6.61 Å². The fourth-order valence-corrected chi connectivity index (χ4v) is 4.20. The smallest absolute Gasteiger partial charge is 0.262 e. The van der Waals surface area contributed by atoms with Crippen LogP contribution in [0.1, 0.15) is 25.7 Å². The molecule has 6 heteroatoms. The molecule has 0 saturated heterocycles. The van der Waals surface area contributed by atoms with Gasteiger partial charge in [-0.05, 0) is 37.2 Å². The summed E-state index contributed by atoms with van der Waals surface area (Å²) in [7, 11) is 0. The lowest BCUT2D eigenvalue weighted by Crippen LogP contribution is -2.28. The average Bonchev–Trinajstić information content (AvgIpc) is 3.11. The van der Waals surface area contributed by atoms with E-state index in [9.17, 15) is 9.59 Å². The molecule has 0 radical (unpaired) electrons. The van der Waals surface area contributed by atoms with Crippen LogP contribution in [0.2, 0.25) is 5.02 Å². The van der Waals surface area contributed by atoms with E-state index < -0.39 is 0 Å². The molecule has 2 N–H and O–H groups in total. The van der Waals surface area contributed by atoms with Crippen molar-refractivity contribution in [2.24, 2.45) is 17.8 Å². The zero-order chi connectivity index (χ0) is 15.3. The van der Waals surface area contributed by atoms with E-state index in [-0.39, 0.29) is 24.3 Å². The molecule has 0 spiro atoms. The molecule has 22 heavy (non-hydrogen) atoms. The van der Waals surface area contributed by atoms with Crippen LogP contribution in [-0.4, -0.2) is 18.4 Å². The van der Waals surface area contributed by atoms with Crippen LogP contribution in [0.15, 0.2) is 12.1 Å². The molecule has 2 fully saturated rings. The van der Waals surface area contributed by atoms with Gasteiger partial charge in [0.25, 0.3) is 5.91 Å². The Morgan fingerprint density at radius 3 is 2.91 bits per heavy atom. The molecule has 3 atom stereocenters. The van der Waals surface area contributed by atoms with Crippen molar-refractivity contribution in [3.63, 3.8) is 0 Å². The molecule has 1 heterocycles. The summed E-state index contributed by atoms with van der Waals surface area (Å²) in [6, 6.07) is 3.30. The maximum absolute atomic E-state index is 12.5. The molecule has 2 saturated carbocycles. The van der Waals surface area contributed by atoms with Crippen molar-refractivity contribution >= 4 is 34.8 Å². The highest BCUT2D eigenvalue weighted by Crippen LogP contribution is 2.48. The zero-order valence-electron chi connectivity index (χ0n) is 12.0. The van der Waals surface area contributed by atoms with Crippen molar-refractivity contribution in [3.05, 3.63) is 17.2 Å². The number of ether oxygens (including phenoxy) is 1. The first kappa shape index (κ1) is 13.9. The van der Waals surface area contributed by atoms with Gasteiger partial charge >= 0.3 is 0 Å². The standard InChI is InChI=1S/C16H17ClN2O3/c17-11-5-13-14(22-7-15(20)18-13)6-12(11)19-16(21)10-4-8-1-2-9(10)3-8/h5-6,8-10H,1-4,7H2,(H,18,20)(H,19,21). The molecule has 1 aliphatic heterocycles. The number of hydrogen-bond acceptors (Lipinski definition) is 3. The molecule has 1 aromatic carbocycles. The number of amides is 2. The number of rotatable bonds is 2. The summed E-state index contributed by atoms with van der Waals surface area (Å²) >= 11 is 6.22. The lowest BCUT2D eigenvalue weighted by Gasteiger charge is -2.23. The molecular weight excluding hydrogens is 304 g/mol. The molecule has 1 aromatic rings. The molecule has 0 aromatic heterocycles. The van der Waals surface area contributed by atoms with Crippen LogP contribution in [-0.2, 0) is 9.59 Å². The first-order valence-corrected chi connectivity index (χ1v) is 8.05. The predicted molar refractivity (Wildman–Crippen MR) is 83.1 cm³/mol. The quantitative estimate of drug-likeness (QED) is 0.880. The highest BCUT2D eigenvalue weighted by molar-refractivity contribution is 6.34. The number of nitrogens with one attached hydrogen (secondary N) is 2. The van der Waals surface area contributed by atoms with Crippen molar-refractivity contribution in [1.82, 2.24) is 0 Å². The molecule has 2 aliphatic carbocycles. The minimum Gasteiger partial charge on any atom is -0.482 e. The fraction of sp³-hybridized carbons (Fsp3) is 0.500. The number of carbonyl (C=O) groups is 2. The highest BCUT2D eigenvalue weighted by atomic mass is 35.5. The average molecular weight is 321 g/mol. The van der Waals surface area contributed by atoms with Crippen LogP contribution in [0.3, 0.4) is 0 Å². The van der Waals surface area contributed by atoms with E-state index in [1.807, 2.05) is 0 Å². The Hall–Kier alpha value is -1.75. The van der Waals surface area contributed by atoms with Crippen LogP contribution in [0, 0.1) is 17.8 Å². The van der Waals surface area contributed by atoms with E-state index >= 15 is 0 Å². The second-order valence-electron chi connectivity index (χ2n) is 6.44. The van der Waals surface area contributed by atoms with Crippen molar-refractivity contribution < 1.29 is 14.3 Å². The fourth-order valence-electron chi connectivity index (χ4n) is 3.99. The Balaban J connectivity index is 1.53. The third-order valence-corrected chi connectivity index (χ3v) is 5.35. The molecule has 3 unspecified atom stereocenters. The lowest BCUT2D eigenvalue weighted by molar-refractivity contribution is -0.121. The summed E-state index contributed by atoms with van der Waals surface area (Å²) in [4.78, 5) is 23.8. The van der Waals surface area contributed by atoms with Crippen LogP contribution in [0.5, 0.6) is 5.75 Å². The van der Waals surface area contributed by atoms with E-state index in [1.165, 1.54) is 12.8 Å². The number of benzene rings is 1. The lowest BCUT2D eigenvalue weighted by atomic mass is 9.88. The summed E-state index contributed by atoms with van der Waals surface area (Å²) in [6.07, 6.45) is 4.61. The van der Waals surface area contributed by atoms with Crippen molar-refractivity contribution in [1.29, 1.82) is 0 Å². The number of anilines is 2. The maximum Gasteiger partial charge on any atom is 0.262 e. The Morgan fingerprint density at radius 1 is 1.32 bits per heavy atom. The Kier molecular flexibility index (Phi) is 3.26. The van der Waals surface area contributed by atoms with Gasteiger partial charge in [-0.3, -0.25) is 9.59 Å². The van der Waals surface area contributed by atoms with E-state index in [0.717, 1.165) is 18.8 Å². The van der Waals surface area contributed by atoms with Gasteiger partial charge in [0.1, 0.15) is 5.75 Å². The summed E-state index contributed by atoms with van der Waals surface area (Å²) in [5, 5.41) is 6.04. The normalized spacial score (nSPS) is 28.8. The van der Waals surface area contributed by atoms with Gasteiger partial charge in [-0.15, -0.1) is 0 Å². The Labute approximate surface area is 133 Å². The van der Waals surface area contributed by atoms with Gasteiger partial charge in [0.05, 0.1) is 16.4 Å². The van der Waals surface area contributed by atoms with Crippen molar-refractivity contribution in [2.75, 3.05) is 17.2 Å². The van der Waals surface area contributed by atoms with E-state index in [0.29, 0.717) is 28.1 Å². The molecule has 2 amide bonds. The Bertz CT molecular complexity index is 661. The van der Waals surface area contributed by atoms with Crippen LogP contribution in [0.4, 0.5) is 11.4 Å². The van der Waals surface area contributed by atoms with Gasteiger partial charge in [-0.2, -0.15) is 0 Å². The highest BCUT2D eigenvalue weighted by Gasteiger charge is 2.43. The van der Waals surface area contributed by atoms with E-state index in [4.69, 9.17) is 16.3 Å². The molecule has 116 valence electrons. The van der Waals surface area contributed by atoms with Crippen molar-refractivity contribution in [3.8, 4) is 5.75 Å². The number of halogens is 1. The SMILES string of the molecule is O=C1COc2cc(NC(=O)C3CC4CCC3C4)c(Cl)cc2N1. The van der Waals surface area contributed by atoms with E-state index in [2.05, 4.69) is 10.6 Å². The van der Waals surface area contributed by atoms with Crippen LogP contribution < -0.4 is 15.4 Å². The van der Waals surface area contributed by atoms with Crippen molar-refractivity contribution in [2.45, 2.75) is 25.7 Å². The molecule has 2 bridgehead atoms. The van der Waals surface area contributed by atoms with Gasteiger partial charge in [-0.1, -0.05) is 18.0 Å². The molecule has 4 rings (SSSR count). The first-order chi connectivity index (χ1) is 10.6. The monoisotopic (exact) mass is 320 g/mol. The summed E-state index contributed by atoms with van der Waals surface area (Å²) in [5.41, 5.74) is 1.09. The molecular formula is C16H17ClN2O3. The van der Waals surface area contributed by atoms with Crippen LogP contribution in [0.25, 0.3) is 0 Å². The zero-order valence-corrected chi connectivity index (χ0v) is 12.8. The maximum atomic E-state index is 12.5. The number of carbonyl (C=O) groups excluding carboxylic acids is 2. The first-order valence-electron chi connectivity index (χ1n) is 7.67. The topological polar surface area (TPSA) is 67.4 Å². The molecule has 3 aliphatic rings. The number of hydrogen-bond donors (Lipinski definition) is 2.